The monoisotopic (exact) mass is 487 g/mol. The molecule has 1 aliphatic heterocycles. The topological polar surface area (TPSA) is 60.0 Å². The van der Waals surface area contributed by atoms with Crippen molar-refractivity contribution in [2.45, 2.75) is 45.2 Å². The van der Waals surface area contributed by atoms with Crippen molar-refractivity contribution in [3.8, 4) is 0 Å². The number of hydrogen-bond donors (Lipinski definition) is 2. The molecule has 2 unspecified atom stereocenters. The number of rotatable bonds is 6. The van der Waals surface area contributed by atoms with Crippen molar-refractivity contribution in [3.05, 3.63) is 30.3 Å². The van der Waals surface area contributed by atoms with E-state index in [1.54, 1.807) is 19.0 Å². The minimum absolute atomic E-state index is 0. The molecule has 0 aromatic heterocycles. The highest BCUT2D eigenvalue weighted by Crippen LogP contribution is 2.19. The van der Waals surface area contributed by atoms with E-state index in [-0.39, 0.29) is 36.4 Å². The Morgan fingerprint density at radius 1 is 1.33 bits per heavy atom. The predicted molar refractivity (Wildman–Crippen MR) is 124 cm³/mol. The van der Waals surface area contributed by atoms with Crippen LogP contribution in [0.1, 0.15) is 33.1 Å². The number of piperidine rings is 1. The van der Waals surface area contributed by atoms with Crippen LogP contribution in [0.5, 0.6) is 0 Å². The lowest BCUT2D eigenvalue weighted by Gasteiger charge is -2.35. The smallest absolute Gasteiger partial charge is 0.243 e. The molecule has 1 saturated heterocycles. The molecule has 1 aromatic carbocycles. The van der Waals surface area contributed by atoms with Gasteiger partial charge in [0.1, 0.15) is 6.54 Å². The Morgan fingerprint density at radius 2 is 2.04 bits per heavy atom. The SMILES string of the molecule is CCC(C)NC(=NCC(=O)N(C)C)NC1CCCN(c2ccccc2)C1.I. The van der Waals surface area contributed by atoms with E-state index in [1.165, 1.54) is 5.69 Å². The van der Waals surface area contributed by atoms with Gasteiger partial charge in [-0.3, -0.25) is 4.79 Å². The summed E-state index contributed by atoms with van der Waals surface area (Å²) in [5.41, 5.74) is 1.26. The number of aliphatic imine (C=N–C) groups is 1. The van der Waals surface area contributed by atoms with Crippen LogP contribution in [0.15, 0.2) is 35.3 Å². The van der Waals surface area contributed by atoms with Crippen LogP contribution in [0.2, 0.25) is 0 Å². The normalized spacial score (nSPS) is 18.3. The van der Waals surface area contributed by atoms with E-state index in [9.17, 15) is 4.79 Å². The summed E-state index contributed by atoms with van der Waals surface area (Å²) >= 11 is 0. The van der Waals surface area contributed by atoms with Gasteiger partial charge in [0.15, 0.2) is 5.96 Å². The van der Waals surface area contributed by atoms with Crippen LogP contribution in [0.3, 0.4) is 0 Å². The second-order valence-electron chi connectivity index (χ2n) is 7.17. The zero-order valence-corrected chi connectivity index (χ0v) is 19.3. The van der Waals surface area contributed by atoms with Gasteiger partial charge in [0, 0.05) is 45.0 Å². The van der Waals surface area contributed by atoms with E-state index in [0.717, 1.165) is 38.3 Å². The average Bonchev–Trinajstić information content (AvgIpc) is 2.66. The Kier molecular flexibility index (Phi) is 10.5. The molecule has 6 nitrogen and oxygen atoms in total. The quantitative estimate of drug-likeness (QED) is 0.368. The molecule has 0 saturated carbocycles. The fraction of sp³-hybridized carbons (Fsp3) is 0.600. The third kappa shape index (κ3) is 7.94. The van der Waals surface area contributed by atoms with Crippen LogP contribution >= 0.6 is 24.0 Å². The van der Waals surface area contributed by atoms with Gasteiger partial charge in [-0.1, -0.05) is 25.1 Å². The van der Waals surface area contributed by atoms with Crippen molar-refractivity contribution in [2.24, 2.45) is 4.99 Å². The number of anilines is 1. The molecule has 0 spiro atoms. The third-order valence-electron chi connectivity index (χ3n) is 4.75. The number of carbonyl (C=O) groups is 1. The van der Waals surface area contributed by atoms with Crippen LogP contribution < -0.4 is 15.5 Å². The van der Waals surface area contributed by atoms with Gasteiger partial charge in [0.25, 0.3) is 0 Å². The van der Waals surface area contributed by atoms with E-state index < -0.39 is 0 Å². The van der Waals surface area contributed by atoms with Gasteiger partial charge < -0.3 is 20.4 Å². The van der Waals surface area contributed by atoms with Crippen molar-refractivity contribution in [1.82, 2.24) is 15.5 Å². The van der Waals surface area contributed by atoms with Gasteiger partial charge in [-0.25, -0.2) is 4.99 Å². The summed E-state index contributed by atoms with van der Waals surface area (Å²) in [6, 6.07) is 11.1. The molecule has 1 aromatic rings. The fourth-order valence-corrected chi connectivity index (χ4v) is 2.92. The van der Waals surface area contributed by atoms with Crippen LogP contribution in [0, 0.1) is 0 Å². The summed E-state index contributed by atoms with van der Waals surface area (Å²) in [6.45, 7) is 6.44. The predicted octanol–water partition coefficient (Wildman–Crippen LogP) is 2.70. The van der Waals surface area contributed by atoms with E-state index >= 15 is 0 Å². The molecular weight excluding hydrogens is 453 g/mol. The maximum Gasteiger partial charge on any atom is 0.243 e. The highest BCUT2D eigenvalue weighted by Gasteiger charge is 2.21. The number of benzene rings is 1. The summed E-state index contributed by atoms with van der Waals surface area (Å²) in [7, 11) is 3.51. The molecule has 0 aliphatic carbocycles. The summed E-state index contributed by atoms with van der Waals surface area (Å²) in [4.78, 5) is 20.4. The molecule has 1 amide bonds. The summed E-state index contributed by atoms with van der Waals surface area (Å²) in [5.74, 6) is 0.735. The molecule has 1 heterocycles. The summed E-state index contributed by atoms with van der Waals surface area (Å²) in [5, 5.41) is 6.95. The number of likely N-dealkylation sites (N-methyl/N-ethyl adjacent to an activating group) is 1. The van der Waals surface area contributed by atoms with E-state index in [1.807, 2.05) is 6.07 Å². The summed E-state index contributed by atoms with van der Waals surface area (Å²) < 4.78 is 0. The molecule has 1 fully saturated rings. The van der Waals surface area contributed by atoms with Crippen molar-refractivity contribution in [2.75, 3.05) is 38.6 Å². The molecule has 2 atom stereocenters. The maximum atomic E-state index is 11.9. The zero-order chi connectivity index (χ0) is 18.9. The Labute approximate surface area is 180 Å². The summed E-state index contributed by atoms with van der Waals surface area (Å²) in [6.07, 6.45) is 3.25. The second kappa shape index (κ2) is 12.0. The van der Waals surface area contributed by atoms with Gasteiger partial charge in [-0.2, -0.15) is 0 Å². The lowest BCUT2D eigenvalue weighted by molar-refractivity contribution is -0.127. The number of para-hydroxylation sites is 1. The first kappa shape index (κ1) is 23.5. The van der Waals surface area contributed by atoms with Gasteiger partial charge in [-0.15, -0.1) is 24.0 Å². The molecule has 0 bridgehead atoms. The number of nitrogens with zero attached hydrogens (tertiary/aromatic N) is 3. The van der Waals surface area contributed by atoms with E-state index in [2.05, 4.69) is 58.6 Å². The fourth-order valence-electron chi connectivity index (χ4n) is 2.92. The Hall–Kier alpha value is -1.51. The minimum atomic E-state index is 0. The number of carbonyl (C=O) groups excluding carboxylic acids is 1. The first-order chi connectivity index (χ1) is 12.5. The van der Waals surface area contributed by atoms with Crippen LogP contribution in [0.25, 0.3) is 0 Å². The number of hydrogen-bond acceptors (Lipinski definition) is 3. The highest BCUT2D eigenvalue weighted by atomic mass is 127. The second-order valence-corrected chi connectivity index (χ2v) is 7.17. The first-order valence-corrected chi connectivity index (χ1v) is 9.57. The van der Waals surface area contributed by atoms with Crippen LogP contribution in [0.4, 0.5) is 5.69 Å². The van der Waals surface area contributed by atoms with E-state index in [4.69, 9.17) is 0 Å². The molecule has 152 valence electrons. The van der Waals surface area contributed by atoms with Crippen molar-refractivity contribution >= 4 is 41.5 Å². The number of guanidine groups is 1. The Balaban J connectivity index is 0.00000364. The molecule has 1 aliphatic rings. The van der Waals surface area contributed by atoms with Gasteiger partial charge >= 0.3 is 0 Å². The molecule has 27 heavy (non-hydrogen) atoms. The number of nitrogens with one attached hydrogen (secondary N) is 2. The zero-order valence-electron chi connectivity index (χ0n) is 16.9. The first-order valence-electron chi connectivity index (χ1n) is 9.57. The number of amides is 1. The lowest BCUT2D eigenvalue weighted by Crippen LogP contribution is -2.53. The van der Waals surface area contributed by atoms with Gasteiger partial charge in [0.05, 0.1) is 0 Å². The third-order valence-corrected chi connectivity index (χ3v) is 4.75. The van der Waals surface area contributed by atoms with Crippen LogP contribution in [-0.4, -0.2) is 62.6 Å². The molecular formula is C20H34IN5O. The molecule has 2 rings (SSSR count). The Bertz CT molecular complexity index is 593. The van der Waals surface area contributed by atoms with Crippen molar-refractivity contribution < 1.29 is 4.79 Å². The molecule has 2 N–H and O–H groups in total. The molecule has 7 heteroatoms. The highest BCUT2D eigenvalue weighted by molar-refractivity contribution is 14.0. The van der Waals surface area contributed by atoms with Gasteiger partial charge in [0.2, 0.25) is 5.91 Å². The maximum absolute atomic E-state index is 11.9. The van der Waals surface area contributed by atoms with Crippen molar-refractivity contribution in [1.29, 1.82) is 0 Å². The van der Waals surface area contributed by atoms with E-state index in [0.29, 0.717) is 12.1 Å². The van der Waals surface area contributed by atoms with Crippen LogP contribution in [-0.2, 0) is 4.79 Å². The molecule has 0 radical (unpaired) electrons. The lowest BCUT2D eigenvalue weighted by atomic mass is 10.0. The minimum Gasteiger partial charge on any atom is -0.369 e. The standard InChI is InChI=1S/C20H33N5O.HI/c1-5-16(2)22-20(21-14-19(26)24(3)4)23-17-10-9-13-25(15-17)18-11-7-6-8-12-18;/h6-8,11-12,16-17H,5,9-10,13-15H2,1-4H3,(H2,21,22,23);1H. The Morgan fingerprint density at radius 3 is 2.67 bits per heavy atom. The van der Waals surface area contributed by atoms with Crippen molar-refractivity contribution in [3.63, 3.8) is 0 Å². The number of halogens is 1. The average molecular weight is 487 g/mol. The largest absolute Gasteiger partial charge is 0.369 e. The van der Waals surface area contributed by atoms with Gasteiger partial charge in [-0.05, 0) is 38.3 Å².